The summed E-state index contributed by atoms with van der Waals surface area (Å²) in [7, 11) is 0. The number of nitro groups is 2. The summed E-state index contributed by atoms with van der Waals surface area (Å²) in [6.45, 7) is 1.80. The zero-order valence-corrected chi connectivity index (χ0v) is 11.6. The van der Waals surface area contributed by atoms with Crippen LogP contribution in [0.25, 0.3) is 0 Å². The Morgan fingerprint density at radius 3 is 2.14 bits per heavy atom. The van der Waals surface area contributed by atoms with Gasteiger partial charge in [0.1, 0.15) is 0 Å². The predicted octanol–water partition coefficient (Wildman–Crippen LogP) is 1.19. The van der Waals surface area contributed by atoms with Crippen molar-refractivity contribution in [2.75, 3.05) is 13.2 Å². The van der Waals surface area contributed by atoms with Gasteiger partial charge in [-0.1, -0.05) is 0 Å². The molecule has 0 atom stereocenters. The van der Waals surface area contributed by atoms with Gasteiger partial charge in [-0.25, -0.2) is 0 Å². The molecule has 22 heavy (non-hydrogen) atoms. The molecule has 118 valence electrons. The number of hydrogen-bond acceptors (Lipinski definition) is 7. The highest BCUT2D eigenvalue weighted by Crippen LogP contribution is 2.22. The number of nitrogens with zero attached hydrogens (tertiary/aromatic N) is 2. The van der Waals surface area contributed by atoms with Gasteiger partial charge >= 0.3 is 5.97 Å². The van der Waals surface area contributed by atoms with Crippen LogP contribution in [0.1, 0.15) is 23.7 Å². The van der Waals surface area contributed by atoms with Crippen molar-refractivity contribution in [1.82, 2.24) is 5.32 Å². The summed E-state index contributed by atoms with van der Waals surface area (Å²) in [5.74, 6) is -1.26. The third-order valence-electron chi connectivity index (χ3n) is 2.51. The van der Waals surface area contributed by atoms with E-state index in [2.05, 4.69) is 10.1 Å². The van der Waals surface area contributed by atoms with E-state index in [4.69, 9.17) is 0 Å². The van der Waals surface area contributed by atoms with Crippen LogP contribution in [0.5, 0.6) is 0 Å². The lowest BCUT2D eigenvalue weighted by Crippen LogP contribution is -2.26. The monoisotopic (exact) mass is 311 g/mol. The maximum absolute atomic E-state index is 11.8. The highest BCUT2D eigenvalue weighted by Gasteiger charge is 2.19. The van der Waals surface area contributed by atoms with E-state index >= 15 is 0 Å². The molecule has 0 radical (unpaired) electrons. The zero-order chi connectivity index (χ0) is 16.7. The first-order valence-electron chi connectivity index (χ1n) is 6.22. The SMILES string of the molecule is CCOC(=O)CCNC(=O)c1cc([N+](=O)[O-])cc([N+](=O)[O-])c1. The fourth-order valence-corrected chi connectivity index (χ4v) is 1.55. The van der Waals surface area contributed by atoms with Crippen molar-refractivity contribution in [1.29, 1.82) is 0 Å². The maximum Gasteiger partial charge on any atom is 0.307 e. The highest BCUT2D eigenvalue weighted by molar-refractivity contribution is 5.95. The normalized spacial score (nSPS) is 9.86. The quantitative estimate of drug-likeness (QED) is 0.452. The van der Waals surface area contributed by atoms with Crippen LogP contribution in [-0.4, -0.2) is 34.9 Å². The standard InChI is InChI=1S/C12H13N3O7/c1-2-22-11(16)3-4-13-12(17)8-5-9(14(18)19)7-10(6-8)15(20)21/h5-7H,2-4H2,1H3,(H,13,17). The molecule has 1 aromatic carbocycles. The fourth-order valence-electron chi connectivity index (χ4n) is 1.55. The maximum atomic E-state index is 11.8. The molecular weight excluding hydrogens is 298 g/mol. The average Bonchev–Trinajstić information content (AvgIpc) is 2.46. The Kier molecular flexibility index (Phi) is 5.93. The molecule has 1 aromatic rings. The van der Waals surface area contributed by atoms with Gasteiger partial charge < -0.3 is 10.1 Å². The van der Waals surface area contributed by atoms with Crippen LogP contribution in [0.3, 0.4) is 0 Å². The molecule has 10 heteroatoms. The molecule has 0 fully saturated rings. The Hall–Kier alpha value is -3.04. The molecule has 1 amide bonds. The van der Waals surface area contributed by atoms with Gasteiger partial charge in [-0.3, -0.25) is 29.8 Å². The number of non-ortho nitro benzene ring substituents is 2. The average molecular weight is 311 g/mol. The van der Waals surface area contributed by atoms with Crippen LogP contribution < -0.4 is 5.32 Å². The Labute approximate surface area is 124 Å². The number of benzene rings is 1. The van der Waals surface area contributed by atoms with Crippen LogP contribution in [0.15, 0.2) is 18.2 Å². The van der Waals surface area contributed by atoms with Gasteiger partial charge in [-0.2, -0.15) is 0 Å². The molecule has 0 spiro atoms. The van der Waals surface area contributed by atoms with Crippen LogP contribution in [0.2, 0.25) is 0 Å². The number of amides is 1. The Morgan fingerprint density at radius 1 is 1.14 bits per heavy atom. The van der Waals surface area contributed by atoms with Crippen molar-refractivity contribution in [2.24, 2.45) is 0 Å². The minimum absolute atomic E-state index is 0.0475. The highest BCUT2D eigenvalue weighted by atomic mass is 16.6. The Morgan fingerprint density at radius 2 is 1.68 bits per heavy atom. The van der Waals surface area contributed by atoms with Gasteiger partial charge in [0, 0.05) is 18.7 Å². The van der Waals surface area contributed by atoms with Crippen molar-refractivity contribution in [3.8, 4) is 0 Å². The first kappa shape index (κ1) is 17.0. The summed E-state index contributed by atoms with van der Waals surface area (Å²) in [6.07, 6.45) is -0.0728. The van der Waals surface area contributed by atoms with Crippen LogP contribution in [0, 0.1) is 20.2 Å². The number of nitro benzene ring substituents is 2. The molecular formula is C12H13N3O7. The van der Waals surface area contributed by atoms with Crippen molar-refractivity contribution >= 4 is 23.3 Å². The molecule has 10 nitrogen and oxygen atoms in total. The molecule has 0 heterocycles. The lowest BCUT2D eigenvalue weighted by atomic mass is 10.1. The van der Waals surface area contributed by atoms with E-state index in [1.165, 1.54) is 0 Å². The van der Waals surface area contributed by atoms with E-state index in [0.29, 0.717) is 0 Å². The van der Waals surface area contributed by atoms with Gasteiger partial charge in [0.05, 0.1) is 34.5 Å². The van der Waals surface area contributed by atoms with Crippen LogP contribution in [0.4, 0.5) is 11.4 Å². The topological polar surface area (TPSA) is 142 Å². The molecule has 0 aromatic heterocycles. The lowest BCUT2D eigenvalue weighted by molar-refractivity contribution is -0.394. The van der Waals surface area contributed by atoms with Crippen molar-refractivity contribution < 1.29 is 24.2 Å². The number of nitrogens with one attached hydrogen (secondary N) is 1. The molecule has 0 aliphatic carbocycles. The van der Waals surface area contributed by atoms with Crippen molar-refractivity contribution in [2.45, 2.75) is 13.3 Å². The number of hydrogen-bond donors (Lipinski definition) is 1. The molecule has 0 saturated heterocycles. The summed E-state index contributed by atoms with van der Waals surface area (Å²) in [5, 5.41) is 23.8. The molecule has 0 aliphatic heterocycles. The first-order valence-corrected chi connectivity index (χ1v) is 6.22. The fraction of sp³-hybridized carbons (Fsp3) is 0.333. The second-order valence-electron chi connectivity index (χ2n) is 4.06. The second kappa shape index (κ2) is 7.67. The van der Waals surface area contributed by atoms with E-state index < -0.39 is 33.1 Å². The number of carbonyl (C=O) groups excluding carboxylic acids is 2. The van der Waals surface area contributed by atoms with Crippen LogP contribution in [-0.2, 0) is 9.53 Å². The van der Waals surface area contributed by atoms with E-state index in [1.54, 1.807) is 6.92 Å². The minimum Gasteiger partial charge on any atom is -0.466 e. The number of carbonyl (C=O) groups is 2. The molecule has 0 bridgehead atoms. The van der Waals surface area contributed by atoms with Gasteiger partial charge in [0.2, 0.25) is 0 Å². The van der Waals surface area contributed by atoms with Gasteiger partial charge in [-0.05, 0) is 6.92 Å². The number of esters is 1. The zero-order valence-electron chi connectivity index (χ0n) is 11.6. The van der Waals surface area contributed by atoms with E-state index in [-0.39, 0.29) is 25.1 Å². The summed E-state index contributed by atoms with van der Waals surface area (Å²) >= 11 is 0. The van der Waals surface area contributed by atoms with Crippen molar-refractivity contribution in [3.05, 3.63) is 44.0 Å². The molecule has 0 unspecified atom stereocenters. The van der Waals surface area contributed by atoms with E-state index in [0.717, 1.165) is 18.2 Å². The third-order valence-corrected chi connectivity index (χ3v) is 2.51. The predicted molar refractivity (Wildman–Crippen MR) is 73.3 cm³/mol. The minimum atomic E-state index is -0.831. The largest absolute Gasteiger partial charge is 0.466 e. The van der Waals surface area contributed by atoms with Gasteiger partial charge in [0.25, 0.3) is 17.3 Å². The number of rotatable bonds is 7. The van der Waals surface area contributed by atoms with Gasteiger partial charge in [0.15, 0.2) is 0 Å². The van der Waals surface area contributed by atoms with Crippen LogP contribution >= 0.6 is 0 Å². The summed E-state index contributed by atoms with van der Waals surface area (Å²) in [4.78, 5) is 42.7. The Balaban J connectivity index is 2.82. The molecule has 0 aliphatic rings. The summed E-state index contributed by atoms with van der Waals surface area (Å²) in [6, 6.07) is 2.61. The second-order valence-corrected chi connectivity index (χ2v) is 4.06. The summed E-state index contributed by atoms with van der Waals surface area (Å²) < 4.78 is 4.66. The summed E-state index contributed by atoms with van der Waals surface area (Å²) in [5.41, 5.74) is -1.36. The molecule has 1 rings (SSSR count). The smallest absolute Gasteiger partial charge is 0.307 e. The molecule has 1 N–H and O–H groups in total. The lowest BCUT2D eigenvalue weighted by Gasteiger charge is -2.05. The molecule has 0 saturated carbocycles. The Bertz CT molecular complexity index is 582. The third kappa shape index (κ3) is 4.81. The number of ether oxygens (including phenoxy) is 1. The van der Waals surface area contributed by atoms with Crippen molar-refractivity contribution in [3.63, 3.8) is 0 Å². The van der Waals surface area contributed by atoms with Gasteiger partial charge in [-0.15, -0.1) is 0 Å². The van der Waals surface area contributed by atoms with E-state index in [1.807, 2.05) is 0 Å². The first-order chi connectivity index (χ1) is 10.3. The van der Waals surface area contributed by atoms with E-state index in [9.17, 15) is 29.8 Å².